The lowest BCUT2D eigenvalue weighted by atomic mass is 9.89. The zero-order valence-electron chi connectivity index (χ0n) is 12.3. The minimum Gasteiger partial charge on any atom is -0.446 e. The summed E-state index contributed by atoms with van der Waals surface area (Å²) in [4.78, 5) is 12.0. The molecule has 0 spiro atoms. The number of nitrogens with one attached hydrogen (secondary N) is 1. The quantitative estimate of drug-likeness (QED) is 0.845. The van der Waals surface area contributed by atoms with E-state index in [9.17, 15) is 4.79 Å². The predicted molar refractivity (Wildman–Crippen MR) is 85.5 cm³/mol. The van der Waals surface area contributed by atoms with Crippen molar-refractivity contribution in [1.82, 2.24) is 0 Å². The number of amides is 1. The molecule has 0 saturated heterocycles. The average molecular weight is 283 g/mol. The number of anilines is 1. The molecular formula is C18H21NO2. The molecule has 0 aromatic heterocycles. The first kappa shape index (κ1) is 13.9. The summed E-state index contributed by atoms with van der Waals surface area (Å²) in [5.74, 6) is 0.650. The highest BCUT2D eigenvalue weighted by Gasteiger charge is 2.22. The molecule has 0 aliphatic heterocycles. The molecule has 1 saturated carbocycles. The number of carbonyl (C=O) groups is 1. The second kappa shape index (κ2) is 6.17. The second-order valence-corrected chi connectivity index (χ2v) is 5.99. The summed E-state index contributed by atoms with van der Waals surface area (Å²) in [6.07, 6.45) is 4.07. The van der Waals surface area contributed by atoms with Crippen molar-refractivity contribution in [2.45, 2.75) is 38.7 Å². The predicted octanol–water partition coefficient (Wildman–Crippen LogP) is 4.97. The van der Waals surface area contributed by atoms with Gasteiger partial charge >= 0.3 is 6.09 Å². The van der Waals surface area contributed by atoms with E-state index in [0.717, 1.165) is 35.7 Å². The van der Waals surface area contributed by atoms with Crippen LogP contribution in [0.25, 0.3) is 10.8 Å². The van der Waals surface area contributed by atoms with Crippen LogP contribution in [0.2, 0.25) is 0 Å². The van der Waals surface area contributed by atoms with Crippen molar-refractivity contribution in [1.29, 1.82) is 0 Å². The summed E-state index contributed by atoms with van der Waals surface area (Å²) in [7, 11) is 0. The minimum absolute atomic E-state index is 0.0641. The number of fused-ring (bicyclic) bond motifs is 1. The molecule has 2 aromatic carbocycles. The molecule has 0 bridgehead atoms. The lowest BCUT2D eigenvalue weighted by Gasteiger charge is -2.26. The first-order valence-corrected chi connectivity index (χ1v) is 7.67. The third-order valence-electron chi connectivity index (χ3n) is 4.16. The van der Waals surface area contributed by atoms with Crippen LogP contribution in [0.4, 0.5) is 10.5 Å². The summed E-state index contributed by atoms with van der Waals surface area (Å²) >= 11 is 0. The van der Waals surface area contributed by atoms with Gasteiger partial charge in [0.1, 0.15) is 6.10 Å². The van der Waals surface area contributed by atoms with Crippen LogP contribution < -0.4 is 5.32 Å². The third kappa shape index (κ3) is 3.54. The molecule has 3 nitrogen and oxygen atoms in total. The Balaban J connectivity index is 1.63. The van der Waals surface area contributed by atoms with E-state index < -0.39 is 0 Å². The molecule has 3 heteroatoms. The monoisotopic (exact) mass is 283 g/mol. The van der Waals surface area contributed by atoms with Crippen molar-refractivity contribution in [2.24, 2.45) is 5.92 Å². The van der Waals surface area contributed by atoms with Gasteiger partial charge in [0.2, 0.25) is 0 Å². The lowest BCUT2D eigenvalue weighted by Crippen LogP contribution is -2.27. The Morgan fingerprint density at radius 1 is 1.14 bits per heavy atom. The van der Waals surface area contributed by atoms with E-state index in [0.29, 0.717) is 5.92 Å². The van der Waals surface area contributed by atoms with Crippen molar-refractivity contribution in [3.05, 3.63) is 42.5 Å². The number of carbonyl (C=O) groups excluding carboxylic acids is 1. The SMILES string of the molecule is C[C@@H]1CCC[C@@H](OC(=O)Nc2ccc3ccccc3c2)C1. The van der Waals surface area contributed by atoms with Crippen molar-refractivity contribution in [3.63, 3.8) is 0 Å². The Hall–Kier alpha value is -2.03. The van der Waals surface area contributed by atoms with Crippen LogP contribution in [-0.2, 0) is 4.74 Å². The van der Waals surface area contributed by atoms with Gasteiger partial charge in [-0.3, -0.25) is 5.32 Å². The molecule has 3 rings (SSSR count). The van der Waals surface area contributed by atoms with E-state index in [2.05, 4.69) is 18.3 Å². The van der Waals surface area contributed by atoms with Crippen molar-refractivity contribution in [2.75, 3.05) is 5.32 Å². The highest BCUT2D eigenvalue weighted by molar-refractivity contribution is 5.91. The van der Waals surface area contributed by atoms with E-state index >= 15 is 0 Å². The molecule has 21 heavy (non-hydrogen) atoms. The third-order valence-corrected chi connectivity index (χ3v) is 4.16. The molecule has 1 fully saturated rings. The van der Waals surface area contributed by atoms with Gasteiger partial charge in [0.25, 0.3) is 0 Å². The van der Waals surface area contributed by atoms with Crippen molar-refractivity contribution >= 4 is 22.6 Å². The maximum Gasteiger partial charge on any atom is 0.411 e. The average Bonchev–Trinajstić information content (AvgIpc) is 2.47. The zero-order valence-corrected chi connectivity index (χ0v) is 12.3. The number of ether oxygens (including phenoxy) is 1. The van der Waals surface area contributed by atoms with E-state index in [-0.39, 0.29) is 12.2 Å². The zero-order chi connectivity index (χ0) is 14.7. The largest absolute Gasteiger partial charge is 0.446 e. The maximum atomic E-state index is 12.0. The molecule has 1 N–H and O–H groups in total. The highest BCUT2D eigenvalue weighted by atomic mass is 16.6. The van der Waals surface area contributed by atoms with Gasteiger partial charge in [-0.05, 0) is 48.1 Å². The van der Waals surface area contributed by atoms with Crippen LogP contribution in [0.1, 0.15) is 32.6 Å². The fraction of sp³-hybridized carbons (Fsp3) is 0.389. The van der Waals surface area contributed by atoms with Crippen LogP contribution in [0.15, 0.2) is 42.5 Å². The van der Waals surface area contributed by atoms with Crippen molar-refractivity contribution in [3.8, 4) is 0 Å². The molecule has 0 radical (unpaired) electrons. The Bertz CT molecular complexity index is 638. The van der Waals surface area contributed by atoms with E-state index in [1.807, 2.05) is 36.4 Å². The fourth-order valence-electron chi connectivity index (χ4n) is 3.05. The van der Waals surface area contributed by atoms with Gasteiger partial charge in [0.15, 0.2) is 0 Å². The molecule has 0 unspecified atom stereocenters. The smallest absolute Gasteiger partial charge is 0.411 e. The molecular weight excluding hydrogens is 262 g/mol. The summed E-state index contributed by atoms with van der Waals surface area (Å²) in [5.41, 5.74) is 0.780. The maximum absolute atomic E-state index is 12.0. The van der Waals surface area contributed by atoms with Crippen LogP contribution >= 0.6 is 0 Å². The van der Waals surface area contributed by atoms with Crippen LogP contribution in [0.3, 0.4) is 0 Å². The first-order chi connectivity index (χ1) is 10.2. The van der Waals surface area contributed by atoms with Gasteiger partial charge in [-0.15, -0.1) is 0 Å². The van der Waals surface area contributed by atoms with Crippen LogP contribution in [-0.4, -0.2) is 12.2 Å². The Labute approximate surface area is 125 Å². The molecule has 2 atom stereocenters. The molecule has 2 aromatic rings. The minimum atomic E-state index is -0.343. The summed E-state index contributed by atoms with van der Waals surface area (Å²) < 4.78 is 5.53. The highest BCUT2D eigenvalue weighted by Crippen LogP contribution is 2.26. The number of rotatable bonds is 2. The molecule has 110 valence electrons. The number of hydrogen-bond donors (Lipinski definition) is 1. The standard InChI is InChI=1S/C18H21NO2/c1-13-5-4-8-17(11-13)21-18(20)19-16-10-9-14-6-2-3-7-15(14)12-16/h2-3,6-7,9-10,12-13,17H,4-5,8,11H2,1H3,(H,19,20)/t13-,17-/m1/s1. The summed E-state index contributed by atoms with van der Waals surface area (Å²) in [6.45, 7) is 2.22. The van der Waals surface area contributed by atoms with Gasteiger partial charge in [0.05, 0.1) is 0 Å². The van der Waals surface area contributed by atoms with Gasteiger partial charge < -0.3 is 4.74 Å². The van der Waals surface area contributed by atoms with Crippen LogP contribution in [0, 0.1) is 5.92 Å². The van der Waals surface area contributed by atoms with Gasteiger partial charge in [-0.2, -0.15) is 0 Å². The Morgan fingerprint density at radius 3 is 2.76 bits per heavy atom. The molecule has 1 aliphatic carbocycles. The van der Waals surface area contributed by atoms with Gasteiger partial charge in [-0.1, -0.05) is 43.7 Å². The fourth-order valence-corrected chi connectivity index (χ4v) is 3.05. The summed E-state index contributed by atoms with van der Waals surface area (Å²) in [5, 5.41) is 5.11. The topological polar surface area (TPSA) is 38.3 Å². The van der Waals surface area contributed by atoms with Gasteiger partial charge in [0, 0.05) is 5.69 Å². The summed E-state index contributed by atoms with van der Waals surface area (Å²) in [6, 6.07) is 14.0. The molecule has 1 amide bonds. The van der Waals surface area contributed by atoms with E-state index in [1.54, 1.807) is 0 Å². The number of benzene rings is 2. The van der Waals surface area contributed by atoms with Crippen LogP contribution in [0.5, 0.6) is 0 Å². The van der Waals surface area contributed by atoms with Crippen molar-refractivity contribution < 1.29 is 9.53 Å². The van der Waals surface area contributed by atoms with Gasteiger partial charge in [-0.25, -0.2) is 4.79 Å². The Morgan fingerprint density at radius 2 is 1.95 bits per heavy atom. The normalized spacial score (nSPS) is 22.0. The second-order valence-electron chi connectivity index (χ2n) is 5.99. The Kier molecular flexibility index (Phi) is 4.09. The number of hydrogen-bond acceptors (Lipinski definition) is 2. The molecule has 0 heterocycles. The van der Waals surface area contributed by atoms with E-state index in [1.165, 1.54) is 6.42 Å². The first-order valence-electron chi connectivity index (χ1n) is 7.67. The molecule has 1 aliphatic rings. The lowest BCUT2D eigenvalue weighted by molar-refractivity contribution is 0.0724. The van der Waals surface area contributed by atoms with E-state index in [4.69, 9.17) is 4.74 Å².